The predicted octanol–water partition coefficient (Wildman–Crippen LogP) is 3.04. The smallest absolute Gasteiger partial charge is 0.269 e. The molecule has 1 saturated carbocycles. The van der Waals surface area contributed by atoms with E-state index in [1.807, 2.05) is 41.3 Å². The van der Waals surface area contributed by atoms with E-state index in [1.54, 1.807) is 18.3 Å². The van der Waals surface area contributed by atoms with E-state index in [4.69, 9.17) is 14.2 Å². The molecule has 36 heavy (non-hydrogen) atoms. The van der Waals surface area contributed by atoms with E-state index in [2.05, 4.69) is 17.3 Å². The Hall–Kier alpha value is -4.01. The molecule has 9 nitrogen and oxygen atoms in total. The molecule has 186 valence electrons. The van der Waals surface area contributed by atoms with Crippen LogP contribution in [0.5, 0.6) is 17.2 Å². The van der Waals surface area contributed by atoms with Crippen LogP contribution in [-0.4, -0.2) is 58.4 Å². The first-order valence-electron chi connectivity index (χ1n) is 12.2. The van der Waals surface area contributed by atoms with Crippen molar-refractivity contribution in [2.24, 2.45) is 5.41 Å². The van der Waals surface area contributed by atoms with Gasteiger partial charge in [-0.15, -0.1) is 0 Å². The molecular formula is C27H28N4O5. The minimum Gasteiger partial charge on any atom is -0.490 e. The monoisotopic (exact) mass is 488 g/mol. The highest BCUT2D eigenvalue weighted by Gasteiger charge is 2.57. The molecule has 2 fully saturated rings. The number of amides is 2. The number of nitrogens with zero attached hydrogens (tertiary/aromatic N) is 3. The first kappa shape index (κ1) is 22.5. The zero-order valence-electron chi connectivity index (χ0n) is 20.1. The Kier molecular flexibility index (Phi) is 5.55. The molecule has 2 unspecified atom stereocenters. The van der Waals surface area contributed by atoms with Gasteiger partial charge >= 0.3 is 0 Å². The minimum atomic E-state index is -0.764. The molecule has 2 atom stereocenters. The molecular weight excluding hydrogens is 460 g/mol. The number of benzene rings is 2. The maximum atomic E-state index is 12.8. The lowest BCUT2D eigenvalue weighted by Crippen LogP contribution is -2.69. The van der Waals surface area contributed by atoms with E-state index < -0.39 is 6.10 Å². The van der Waals surface area contributed by atoms with Gasteiger partial charge in [0.05, 0.1) is 11.9 Å². The number of aromatic nitrogens is 2. The molecule has 3 aromatic rings. The van der Waals surface area contributed by atoms with E-state index in [0.717, 1.165) is 18.6 Å². The summed E-state index contributed by atoms with van der Waals surface area (Å²) in [5, 5.41) is 7.03. The molecule has 3 heterocycles. The van der Waals surface area contributed by atoms with Crippen LogP contribution in [0.3, 0.4) is 0 Å². The van der Waals surface area contributed by atoms with Crippen LogP contribution in [-0.2, 0) is 16.1 Å². The van der Waals surface area contributed by atoms with Gasteiger partial charge in [0.2, 0.25) is 12.0 Å². The summed E-state index contributed by atoms with van der Waals surface area (Å²) in [4.78, 5) is 27.3. The van der Waals surface area contributed by atoms with Gasteiger partial charge in [0.1, 0.15) is 25.0 Å². The first-order valence-corrected chi connectivity index (χ1v) is 12.2. The molecule has 2 amide bonds. The summed E-state index contributed by atoms with van der Waals surface area (Å²) in [5.41, 5.74) is 1.76. The molecule has 2 aliphatic heterocycles. The summed E-state index contributed by atoms with van der Waals surface area (Å²) in [6, 6.07) is 15.3. The second-order valence-electron chi connectivity index (χ2n) is 9.85. The molecule has 0 radical (unpaired) electrons. The van der Waals surface area contributed by atoms with Crippen LogP contribution in [0.15, 0.2) is 60.9 Å². The lowest BCUT2D eigenvalue weighted by atomic mass is 9.61. The van der Waals surface area contributed by atoms with Gasteiger partial charge in [-0.25, -0.2) is 0 Å². The molecule has 1 saturated heterocycles. The van der Waals surface area contributed by atoms with Gasteiger partial charge in [0.25, 0.3) is 5.91 Å². The molecule has 6 rings (SSSR count). The normalized spacial score (nSPS) is 21.3. The summed E-state index contributed by atoms with van der Waals surface area (Å²) in [7, 11) is 0. The van der Waals surface area contributed by atoms with E-state index in [-0.39, 0.29) is 36.5 Å². The third-order valence-corrected chi connectivity index (χ3v) is 7.25. The number of carbonyl (C=O) groups excluding carboxylic acids is 2. The van der Waals surface area contributed by atoms with Crippen molar-refractivity contribution in [3.63, 3.8) is 0 Å². The van der Waals surface area contributed by atoms with Crippen LogP contribution in [0, 0.1) is 12.3 Å². The average molecular weight is 489 g/mol. The highest BCUT2D eigenvalue weighted by atomic mass is 16.6. The Bertz CT molecular complexity index is 1280. The number of fused-ring (bicyclic) bond motifs is 1. The first-order chi connectivity index (χ1) is 17.5. The largest absolute Gasteiger partial charge is 0.490 e. The third kappa shape index (κ3) is 4.25. The molecule has 1 spiro atoms. The maximum Gasteiger partial charge on any atom is 0.269 e. The van der Waals surface area contributed by atoms with Crippen LogP contribution in [0.4, 0.5) is 5.69 Å². The fourth-order valence-electron chi connectivity index (χ4n) is 5.01. The van der Waals surface area contributed by atoms with E-state index >= 15 is 0 Å². The number of ether oxygens (including phenoxy) is 3. The zero-order valence-corrected chi connectivity index (χ0v) is 20.1. The summed E-state index contributed by atoms with van der Waals surface area (Å²) in [5.74, 6) is 1.72. The zero-order chi connectivity index (χ0) is 24.7. The summed E-state index contributed by atoms with van der Waals surface area (Å²) in [6.07, 6.45) is 4.64. The number of aryl methyl sites for hydroxylation is 1. The quantitative estimate of drug-likeness (QED) is 0.573. The van der Waals surface area contributed by atoms with Gasteiger partial charge in [0.15, 0.2) is 11.5 Å². The Morgan fingerprint density at radius 2 is 1.92 bits per heavy atom. The Labute approximate surface area is 208 Å². The van der Waals surface area contributed by atoms with Crippen molar-refractivity contribution in [3.05, 3.63) is 66.5 Å². The van der Waals surface area contributed by atoms with Gasteiger partial charge in [-0.1, -0.05) is 29.8 Å². The summed E-state index contributed by atoms with van der Waals surface area (Å²) in [6.45, 7) is 3.70. The lowest BCUT2D eigenvalue weighted by molar-refractivity contribution is -0.171. The van der Waals surface area contributed by atoms with Crippen LogP contribution < -0.4 is 19.5 Å². The van der Waals surface area contributed by atoms with Gasteiger partial charge in [-0.05, 0) is 44.0 Å². The van der Waals surface area contributed by atoms with Crippen molar-refractivity contribution in [1.29, 1.82) is 0 Å². The SMILES string of the molecule is Cc1ccc(OC2CCC23CN(C(=O)Cn2cc(NC(=O)C4COc5ccccc5O4)cn2)C3)cc1. The molecule has 1 aliphatic carbocycles. The maximum absolute atomic E-state index is 12.8. The fourth-order valence-corrected chi connectivity index (χ4v) is 5.01. The van der Waals surface area contributed by atoms with Crippen molar-refractivity contribution in [2.45, 2.75) is 38.5 Å². The average Bonchev–Trinajstić information content (AvgIpc) is 3.28. The van der Waals surface area contributed by atoms with Crippen molar-refractivity contribution >= 4 is 17.5 Å². The van der Waals surface area contributed by atoms with Gasteiger partial charge in [-0.2, -0.15) is 5.10 Å². The van der Waals surface area contributed by atoms with Gasteiger partial charge < -0.3 is 24.4 Å². The minimum absolute atomic E-state index is 0.00297. The van der Waals surface area contributed by atoms with Gasteiger partial charge in [0, 0.05) is 24.7 Å². The van der Waals surface area contributed by atoms with Crippen LogP contribution in [0.25, 0.3) is 0 Å². The Morgan fingerprint density at radius 3 is 2.67 bits per heavy atom. The fraction of sp³-hybridized carbons (Fsp3) is 0.370. The van der Waals surface area contributed by atoms with Crippen molar-refractivity contribution in [3.8, 4) is 17.2 Å². The molecule has 0 bridgehead atoms. The van der Waals surface area contributed by atoms with E-state index in [1.165, 1.54) is 16.4 Å². The number of hydrogen-bond donors (Lipinski definition) is 1. The van der Waals surface area contributed by atoms with Gasteiger partial charge in [-0.3, -0.25) is 14.3 Å². The number of rotatable bonds is 6. The molecule has 1 N–H and O–H groups in total. The third-order valence-electron chi connectivity index (χ3n) is 7.25. The second-order valence-corrected chi connectivity index (χ2v) is 9.85. The van der Waals surface area contributed by atoms with E-state index in [9.17, 15) is 9.59 Å². The Morgan fingerprint density at radius 1 is 1.14 bits per heavy atom. The number of carbonyl (C=O) groups is 2. The van der Waals surface area contributed by atoms with Crippen LogP contribution in [0.1, 0.15) is 18.4 Å². The summed E-state index contributed by atoms with van der Waals surface area (Å²) >= 11 is 0. The van der Waals surface area contributed by atoms with Crippen molar-refractivity contribution < 1.29 is 23.8 Å². The van der Waals surface area contributed by atoms with E-state index in [0.29, 0.717) is 30.3 Å². The van der Waals surface area contributed by atoms with Crippen LogP contribution in [0.2, 0.25) is 0 Å². The molecule has 9 heteroatoms. The number of anilines is 1. The lowest BCUT2D eigenvalue weighted by Gasteiger charge is -2.59. The summed E-state index contributed by atoms with van der Waals surface area (Å²) < 4.78 is 19.1. The highest BCUT2D eigenvalue weighted by Crippen LogP contribution is 2.50. The molecule has 3 aliphatic rings. The topological polar surface area (TPSA) is 94.9 Å². The number of hydrogen-bond acceptors (Lipinski definition) is 6. The standard InChI is InChI=1S/C27H28N4O5/c1-18-6-8-20(9-7-18)35-24-10-11-27(24)16-30(17-27)25(32)14-31-13-19(12-28-31)29-26(33)23-15-34-21-4-2-3-5-22(21)36-23/h2-9,12-13,23-24H,10-11,14-17H2,1H3,(H,29,33). The molecule has 1 aromatic heterocycles. The number of likely N-dealkylation sites (tertiary alicyclic amines) is 1. The number of para-hydroxylation sites is 2. The van der Waals surface area contributed by atoms with Crippen molar-refractivity contribution in [1.82, 2.24) is 14.7 Å². The second kappa shape index (κ2) is 8.89. The predicted molar refractivity (Wildman–Crippen MR) is 131 cm³/mol. The number of nitrogens with one attached hydrogen (secondary N) is 1. The van der Waals surface area contributed by atoms with Crippen LogP contribution >= 0.6 is 0 Å². The van der Waals surface area contributed by atoms with Crippen molar-refractivity contribution in [2.75, 3.05) is 25.0 Å². The highest BCUT2D eigenvalue weighted by molar-refractivity contribution is 5.94. The Balaban J connectivity index is 0.987. The molecule has 2 aromatic carbocycles.